The van der Waals surface area contributed by atoms with E-state index in [1.54, 1.807) is 18.4 Å². The standard InChI is InChI=1S/C21H23ClN2O2S2/c1-21(2,3)11-5-7-14-16(9-11)28-20(23-14)24-19(25)18-17(22)13-10-12(26-4)6-8-15(13)27-18/h6,8,10-11H,5,7,9H2,1-4H3,(H,23,24,25). The molecule has 1 aromatic carbocycles. The van der Waals surface area contributed by atoms with Gasteiger partial charge in [-0.15, -0.1) is 22.7 Å². The summed E-state index contributed by atoms with van der Waals surface area (Å²) in [5.74, 6) is 1.17. The second kappa shape index (κ2) is 7.32. The summed E-state index contributed by atoms with van der Waals surface area (Å²) in [6, 6.07) is 5.66. The molecule has 1 N–H and O–H groups in total. The zero-order chi connectivity index (χ0) is 20.1. The normalized spacial score (nSPS) is 16.8. The molecule has 0 radical (unpaired) electrons. The highest BCUT2D eigenvalue weighted by Gasteiger charge is 2.31. The first-order valence-electron chi connectivity index (χ1n) is 9.32. The Balaban J connectivity index is 1.56. The van der Waals surface area contributed by atoms with Crippen LogP contribution in [0.25, 0.3) is 10.1 Å². The number of carbonyl (C=O) groups is 1. The molecular weight excluding hydrogens is 412 g/mol. The smallest absolute Gasteiger partial charge is 0.269 e. The Kier molecular flexibility index (Phi) is 5.14. The number of methoxy groups -OCH3 is 1. The molecule has 2 aromatic heterocycles. The summed E-state index contributed by atoms with van der Waals surface area (Å²) in [6.45, 7) is 6.89. The molecule has 0 bridgehead atoms. The van der Waals surface area contributed by atoms with Crippen molar-refractivity contribution in [2.24, 2.45) is 11.3 Å². The number of nitrogens with one attached hydrogen (secondary N) is 1. The van der Waals surface area contributed by atoms with Crippen molar-refractivity contribution in [1.29, 1.82) is 0 Å². The zero-order valence-electron chi connectivity index (χ0n) is 16.4. The number of thiophene rings is 1. The van der Waals surface area contributed by atoms with Crippen molar-refractivity contribution in [3.8, 4) is 5.75 Å². The van der Waals surface area contributed by atoms with E-state index in [0.29, 0.717) is 20.9 Å². The molecule has 1 aliphatic carbocycles. The summed E-state index contributed by atoms with van der Waals surface area (Å²) in [6.07, 6.45) is 3.17. The molecule has 4 nitrogen and oxygen atoms in total. The molecule has 7 heteroatoms. The number of halogens is 1. The fourth-order valence-corrected chi connectivity index (χ4v) is 6.11. The Morgan fingerprint density at radius 3 is 2.82 bits per heavy atom. The summed E-state index contributed by atoms with van der Waals surface area (Å²) in [5.41, 5.74) is 1.42. The van der Waals surface area contributed by atoms with E-state index in [9.17, 15) is 4.79 Å². The highest BCUT2D eigenvalue weighted by atomic mass is 35.5. The van der Waals surface area contributed by atoms with E-state index < -0.39 is 0 Å². The van der Waals surface area contributed by atoms with Crippen molar-refractivity contribution in [3.63, 3.8) is 0 Å². The second-order valence-electron chi connectivity index (χ2n) is 8.26. The number of amides is 1. The maximum absolute atomic E-state index is 12.8. The average molecular weight is 435 g/mol. The summed E-state index contributed by atoms with van der Waals surface area (Å²) in [7, 11) is 1.61. The van der Waals surface area contributed by atoms with E-state index in [0.717, 1.165) is 40.8 Å². The van der Waals surface area contributed by atoms with E-state index in [4.69, 9.17) is 16.3 Å². The van der Waals surface area contributed by atoms with E-state index in [1.165, 1.54) is 16.2 Å². The van der Waals surface area contributed by atoms with Crippen LogP contribution in [0.1, 0.15) is 47.4 Å². The van der Waals surface area contributed by atoms with Gasteiger partial charge in [-0.2, -0.15) is 0 Å². The van der Waals surface area contributed by atoms with Crippen molar-refractivity contribution < 1.29 is 9.53 Å². The molecular formula is C21H23ClN2O2S2. The summed E-state index contributed by atoms with van der Waals surface area (Å²) in [4.78, 5) is 19.3. The van der Waals surface area contributed by atoms with Gasteiger partial charge in [0.15, 0.2) is 5.13 Å². The number of hydrogen-bond donors (Lipinski definition) is 1. The molecule has 1 aliphatic rings. The molecule has 148 valence electrons. The molecule has 1 amide bonds. The lowest BCUT2D eigenvalue weighted by molar-refractivity contribution is 0.103. The molecule has 3 aromatic rings. The van der Waals surface area contributed by atoms with Crippen molar-refractivity contribution in [2.45, 2.75) is 40.0 Å². The van der Waals surface area contributed by atoms with Crippen LogP contribution < -0.4 is 10.1 Å². The SMILES string of the molecule is COc1ccc2sc(C(=O)Nc3nc4c(s3)CC(C(C)(C)C)CC4)c(Cl)c2c1. The fourth-order valence-electron chi connectivity index (χ4n) is 3.64. The third-order valence-corrected chi connectivity index (χ3v) is 8.14. The number of aromatic nitrogens is 1. The topological polar surface area (TPSA) is 51.2 Å². The van der Waals surface area contributed by atoms with Gasteiger partial charge in [0.25, 0.3) is 5.91 Å². The van der Waals surface area contributed by atoms with Gasteiger partial charge in [0.2, 0.25) is 0 Å². The molecule has 28 heavy (non-hydrogen) atoms. The third-order valence-electron chi connectivity index (χ3n) is 5.43. The third kappa shape index (κ3) is 3.65. The van der Waals surface area contributed by atoms with Crippen molar-refractivity contribution in [3.05, 3.63) is 38.7 Å². The quantitative estimate of drug-likeness (QED) is 0.517. The lowest BCUT2D eigenvalue weighted by atomic mass is 9.73. The monoisotopic (exact) mass is 434 g/mol. The van der Waals surface area contributed by atoms with Gasteiger partial charge < -0.3 is 4.74 Å². The van der Waals surface area contributed by atoms with E-state index in [-0.39, 0.29) is 11.3 Å². The summed E-state index contributed by atoms with van der Waals surface area (Å²) < 4.78 is 6.22. The van der Waals surface area contributed by atoms with Gasteiger partial charge in [-0.05, 0) is 48.8 Å². The van der Waals surface area contributed by atoms with Crippen LogP contribution in [-0.4, -0.2) is 18.0 Å². The zero-order valence-corrected chi connectivity index (χ0v) is 18.8. The van der Waals surface area contributed by atoms with E-state index >= 15 is 0 Å². The second-order valence-corrected chi connectivity index (χ2v) is 10.8. The molecule has 0 saturated carbocycles. The molecule has 0 spiro atoms. The molecule has 0 fully saturated rings. The maximum atomic E-state index is 12.8. The first-order valence-corrected chi connectivity index (χ1v) is 11.3. The van der Waals surface area contributed by atoms with Crippen LogP contribution in [-0.2, 0) is 12.8 Å². The minimum Gasteiger partial charge on any atom is -0.497 e. The number of carbonyl (C=O) groups excluding carboxylic acids is 1. The lowest BCUT2D eigenvalue weighted by Crippen LogP contribution is -2.26. The van der Waals surface area contributed by atoms with Crippen LogP contribution in [0.4, 0.5) is 5.13 Å². The number of nitrogens with zero attached hydrogens (tertiary/aromatic N) is 1. The van der Waals surface area contributed by atoms with Crippen molar-refractivity contribution >= 4 is 55.4 Å². The molecule has 1 unspecified atom stereocenters. The number of ether oxygens (including phenoxy) is 1. The largest absolute Gasteiger partial charge is 0.497 e. The predicted octanol–water partition coefficient (Wildman–Crippen LogP) is 6.42. The number of benzene rings is 1. The van der Waals surface area contributed by atoms with Crippen molar-refractivity contribution in [2.75, 3.05) is 12.4 Å². The van der Waals surface area contributed by atoms with Gasteiger partial charge in [0.05, 0.1) is 17.8 Å². The van der Waals surface area contributed by atoms with Gasteiger partial charge in [-0.1, -0.05) is 32.4 Å². The Bertz CT molecular complexity index is 1050. The van der Waals surface area contributed by atoms with Crippen LogP contribution in [0, 0.1) is 11.3 Å². The fraction of sp³-hybridized carbons (Fsp3) is 0.429. The van der Waals surface area contributed by atoms with Crippen molar-refractivity contribution in [1.82, 2.24) is 4.98 Å². The van der Waals surface area contributed by atoms with Crippen LogP contribution in [0.5, 0.6) is 5.75 Å². The van der Waals surface area contributed by atoms with Crippen LogP contribution >= 0.6 is 34.3 Å². The van der Waals surface area contributed by atoms with Crippen LogP contribution in [0.3, 0.4) is 0 Å². The Hall–Kier alpha value is -1.63. The van der Waals surface area contributed by atoms with Gasteiger partial charge in [0.1, 0.15) is 10.6 Å². The Morgan fingerprint density at radius 1 is 1.32 bits per heavy atom. The summed E-state index contributed by atoms with van der Waals surface area (Å²) in [5, 5.41) is 4.92. The number of hydrogen-bond acceptors (Lipinski definition) is 5. The van der Waals surface area contributed by atoms with Gasteiger partial charge in [-0.3, -0.25) is 10.1 Å². The number of anilines is 1. The van der Waals surface area contributed by atoms with E-state index in [2.05, 4.69) is 31.1 Å². The highest BCUT2D eigenvalue weighted by molar-refractivity contribution is 7.22. The number of thiazole rings is 1. The van der Waals surface area contributed by atoms with Gasteiger partial charge >= 0.3 is 0 Å². The van der Waals surface area contributed by atoms with Crippen LogP contribution in [0.15, 0.2) is 18.2 Å². The van der Waals surface area contributed by atoms with Crippen LogP contribution in [0.2, 0.25) is 5.02 Å². The first kappa shape index (κ1) is 19.7. The number of fused-ring (bicyclic) bond motifs is 2. The van der Waals surface area contributed by atoms with E-state index in [1.807, 2.05) is 18.2 Å². The Labute approximate surface area is 177 Å². The maximum Gasteiger partial charge on any atom is 0.269 e. The molecule has 0 saturated heterocycles. The molecule has 1 atom stereocenters. The first-order chi connectivity index (χ1) is 13.3. The average Bonchev–Trinajstić information content (AvgIpc) is 3.20. The number of aryl methyl sites for hydroxylation is 1. The molecule has 4 rings (SSSR count). The predicted molar refractivity (Wildman–Crippen MR) is 118 cm³/mol. The molecule has 2 heterocycles. The number of rotatable bonds is 3. The van der Waals surface area contributed by atoms with Gasteiger partial charge in [0, 0.05) is 15.0 Å². The summed E-state index contributed by atoms with van der Waals surface area (Å²) >= 11 is 9.48. The lowest BCUT2D eigenvalue weighted by Gasteiger charge is -2.33. The Morgan fingerprint density at radius 2 is 2.11 bits per heavy atom. The minimum atomic E-state index is -0.205. The molecule has 0 aliphatic heterocycles. The van der Waals surface area contributed by atoms with Gasteiger partial charge in [-0.25, -0.2) is 4.98 Å². The minimum absolute atomic E-state index is 0.205. The highest BCUT2D eigenvalue weighted by Crippen LogP contribution is 2.41.